The largest absolute Gasteiger partial charge is 0.370 e. The lowest BCUT2D eigenvalue weighted by Gasteiger charge is -2.16. The third-order valence-electron chi connectivity index (χ3n) is 3.86. The van der Waals surface area contributed by atoms with E-state index in [1.807, 2.05) is 13.0 Å². The smallest absolute Gasteiger partial charge is 0.251 e. The molecular weight excluding hydrogens is 401 g/mol. The van der Waals surface area contributed by atoms with E-state index in [0.717, 1.165) is 11.1 Å². The van der Waals surface area contributed by atoms with E-state index in [1.54, 1.807) is 36.4 Å². The van der Waals surface area contributed by atoms with Gasteiger partial charge in [0.25, 0.3) is 5.91 Å². The molecule has 2 amide bonds. The third-order valence-corrected chi connectivity index (χ3v) is 4.43. The Kier molecular flexibility index (Phi) is 7.66. The molecule has 0 heterocycles. The summed E-state index contributed by atoms with van der Waals surface area (Å²) in [5.41, 5.74) is 13.1. The van der Waals surface area contributed by atoms with Gasteiger partial charge in [0.05, 0.1) is 19.1 Å². The molecule has 2 aromatic rings. The van der Waals surface area contributed by atoms with Crippen LogP contribution in [0.25, 0.3) is 0 Å². The van der Waals surface area contributed by atoms with Crippen LogP contribution in [0.5, 0.6) is 0 Å². The van der Waals surface area contributed by atoms with Crippen LogP contribution < -0.4 is 22.1 Å². The predicted octanol–water partition coefficient (Wildman–Crippen LogP) is 2.37. The van der Waals surface area contributed by atoms with Crippen molar-refractivity contribution in [1.29, 1.82) is 0 Å². The van der Waals surface area contributed by atoms with Crippen molar-refractivity contribution < 1.29 is 9.59 Å². The van der Waals surface area contributed by atoms with Crippen molar-refractivity contribution in [2.75, 3.05) is 6.54 Å². The van der Waals surface area contributed by atoms with E-state index in [1.165, 1.54) is 0 Å². The summed E-state index contributed by atoms with van der Waals surface area (Å²) in [6, 6.07) is 11.9. The molecule has 0 spiro atoms. The quantitative estimate of drug-likeness (QED) is 0.404. The van der Waals surface area contributed by atoms with Gasteiger partial charge in [0.1, 0.15) is 0 Å². The maximum atomic E-state index is 11.8. The van der Waals surface area contributed by atoms with Crippen LogP contribution in [0, 0.1) is 0 Å². The van der Waals surface area contributed by atoms with Gasteiger partial charge in [-0.1, -0.05) is 41.4 Å². The molecule has 0 aliphatic heterocycles. The van der Waals surface area contributed by atoms with E-state index in [2.05, 4.69) is 15.6 Å². The van der Waals surface area contributed by atoms with Gasteiger partial charge in [0, 0.05) is 15.6 Å². The molecule has 7 nitrogen and oxygen atoms in total. The van der Waals surface area contributed by atoms with Gasteiger partial charge in [0.2, 0.25) is 5.91 Å². The molecule has 1 unspecified atom stereocenters. The second-order valence-electron chi connectivity index (χ2n) is 6.08. The van der Waals surface area contributed by atoms with Crippen molar-refractivity contribution >= 4 is 41.0 Å². The average Bonchev–Trinajstić information content (AvgIpc) is 2.64. The zero-order valence-electron chi connectivity index (χ0n) is 15.2. The molecule has 6 N–H and O–H groups in total. The maximum absolute atomic E-state index is 11.8. The van der Waals surface area contributed by atoms with Gasteiger partial charge >= 0.3 is 0 Å². The van der Waals surface area contributed by atoms with E-state index in [0.29, 0.717) is 22.2 Å². The van der Waals surface area contributed by atoms with Crippen LogP contribution in [0.4, 0.5) is 0 Å². The summed E-state index contributed by atoms with van der Waals surface area (Å²) in [6.07, 6.45) is 0. The first kappa shape index (κ1) is 21.5. The molecule has 9 heteroatoms. The molecule has 0 aliphatic carbocycles. The number of aliphatic imine (C=N–C) groups is 1. The Morgan fingerprint density at radius 1 is 1.11 bits per heavy atom. The fraction of sp³-hybridized carbons (Fsp3) is 0.211. The zero-order chi connectivity index (χ0) is 20.7. The van der Waals surface area contributed by atoms with E-state index in [4.69, 9.17) is 34.7 Å². The summed E-state index contributed by atoms with van der Waals surface area (Å²) < 4.78 is 0. The van der Waals surface area contributed by atoms with E-state index in [-0.39, 0.29) is 24.5 Å². The summed E-state index contributed by atoms with van der Waals surface area (Å²) in [5, 5.41) is 6.61. The highest BCUT2D eigenvalue weighted by atomic mass is 35.5. The fourth-order valence-corrected chi connectivity index (χ4v) is 2.98. The average molecular weight is 422 g/mol. The fourth-order valence-electron chi connectivity index (χ4n) is 2.41. The first-order valence-corrected chi connectivity index (χ1v) is 9.18. The van der Waals surface area contributed by atoms with Crippen molar-refractivity contribution in [3.8, 4) is 0 Å². The van der Waals surface area contributed by atoms with Crippen molar-refractivity contribution in [3.63, 3.8) is 0 Å². The number of hydrogen-bond donors (Lipinski definition) is 4. The van der Waals surface area contributed by atoms with Crippen molar-refractivity contribution in [2.24, 2.45) is 16.5 Å². The van der Waals surface area contributed by atoms with Gasteiger partial charge in [-0.15, -0.1) is 0 Å². The Labute approximate surface area is 173 Å². The molecule has 28 heavy (non-hydrogen) atoms. The molecule has 0 bridgehead atoms. The number of nitrogens with zero attached hydrogens (tertiary/aromatic N) is 1. The lowest BCUT2D eigenvalue weighted by molar-refractivity contribution is -0.117. The number of amides is 2. The number of guanidine groups is 1. The molecule has 1 atom stereocenters. The van der Waals surface area contributed by atoms with Crippen molar-refractivity contribution in [1.82, 2.24) is 10.6 Å². The summed E-state index contributed by atoms with van der Waals surface area (Å²) in [5.74, 6) is -0.707. The van der Waals surface area contributed by atoms with Crippen LogP contribution in [-0.4, -0.2) is 24.3 Å². The minimum atomic E-state index is -0.601. The second kappa shape index (κ2) is 9.96. The number of primary amides is 1. The Hall–Kier alpha value is -2.77. The van der Waals surface area contributed by atoms with Gasteiger partial charge in [-0.2, -0.15) is 0 Å². The topological polar surface area (TPSA) is 123 Å². The van der Waals surface area contributed by atoms with Crippen LogP contribution in [0.15, 0.2) is 47.5 Å². The van der Waals surface area contributed by atoms with Gasteiger partial charge in [0.15, 0.2) is 5.96 Å². The highest BCUT2D eigenvalue weighted by Crippen LogP contribution is 2.25. The summed E-state index contributed by atoms with van der Waals surface area (Å²) in [4.78, 5) is 26.8. The van der Waals surface area contributed by atoms with E-state index < -0.39 is 5.91 Å². The molecule has 0 aromatic heterocycles. The van der Waals surface area contributed by atoms with Crippen LogP contribution in [0.3, 0.4) is 0 Å². The van der Waals surface area contributed by atoms with Gasteiger partial charge in [-0.05, 0) is 42.3 Å². The number of benzene rings is 2. The minimum absolute atomic E-state index is 0.148. The SMILES string of the molecule is CC(NC(N)=NCc1ccc(C(=O)NCC(N)=O)cc1)c1ccc(Cl)cc1Cl. The van der Waals surface area contributed by atoms with Crippen LogP contribution in [-0.2, 0) is 11.3 Å². The Morgan fingerprint density at radius 3 is 2.39 bits per heavy atom. The second-order valence-corrected chi connectivity index (χ2v) is 6.92. The first-order valence-electron chi connectivity index (χ1n) is 8.43. The van der Waals surface area contributed by atoms with Crippen molar-refractivity contribution in [3.05, 3.63) is 69.2 Å². The van der Waals surface area contributed by atoms with Gasteiger partial charge in [-0.25, -0.2) is 4.99 Å². The number of carbonyl (C=O) groups excluding carboxylic acids is 2. The standard InChI is InChI=1S/C19H21Cl2N5O2/c1-11(15-7-6-14(20)8-16(15)21)26-19(23)25-9-12-2-4-13(5-3-12)18(28)24-10-17(22)27/h2-8,11H,9-10H2,1H3,(H2,22,27)(H,24,28)(H3,23,25,26). The Morgan fingerprint density at radius 2 is 1.79 bits per heavy atom. The number of carbonyl (C=O) groups is 2. The molecule has 2 aromatic carbocycles. The molecular formula is C19H21Cl2N5O2. The lowest BCUT2D eigenvalue weighted by atomic mass is 10.1. The van der Waals surface area contributed by atoms with Crippen LogP contribution >= 0.6 is 23.2 Å². The molecule has 0 saturated heterocycles. The van der Waals surface area contributed by atoms with E-state index in [9.17, 15) is 9.59 Å². The Balaban J connectivity index is 1.93. The molecule has 0 radical (unpaired) electrons. The molecule has 0 saturated carbocycles. The third kappa shape index (κ3) is 6.44. The predicted molar refractivity (Wildman–Crippen MR) is 111 cm³/mol. The van der Waals surface area contributed by atoms with Crippen molar-refractivity contribution in [2.45, 2.75) is 19.5 Å². The van der Waals surface area contributed by atoms with Crippen LogP contribution in [0.1, 0.15) is 34.5 Å². The first-order chi connectivity index (χ1) is 13.3. The normalized spacial score (nSPS) is 12.3. The molecule has 2 rings (SSSR count). The lowest BCUT2D eigenvalue weighted by Crippen LogP contribution is -2.34. The Bertz CT molecular complexity index is 884. The summed E-state index contributed by atoms with van der Waals surface area (Å²) in [7, 11) is 0. The molecule has 0 aliphatic rings. The number of hydrogen-bond acceptors (Lipinski definition) is 3. The summed E-state index contributed by atoms with van der Waals surface area (Å²) in [6.45, 7) is 2.04. The van der Waals surface area contributed by atoms with Gasteiger partial charge in [-0.3, -0.25) is 9.59 Å². The maximum Gasteiger partial charge on any atom is 0.251 e. The summed E-state index contributed by atoms with van der Waals surface area (Å²) >= 11 is 12.1. The highest BCUT2D eigenvalue weighted by Gasteiger charge is 2.11. The van der Waals surface area contributed by atoms with E-state index >= 15 is 0 Å². The minimum Gasteiger partial charge on any atom is -0.370 e. The number of rotatable bonds is 7. The molecule has 0 fully saturated rings. The number of nitrogens with one attached hydrogen (secondary N) is 2. The highest BCUT2D eigenvalue weighted by molar-refractivity contribution is 6.35. The number of halogens is 2. The monoisotopic (exact) mass is 421 g/mol. The zero-order valence-corrected chi connectivity index (χ0v) is 16.7. The van der Waals surface area contributed by atoms with Gasteiger partial charge < -0.3 is 22.1 Å². The van der Waals surface area contributed by atoms with Crippen LogP contribution in [0.2, 0.25) is 10.0 Å². The number of nitrogens with two attached hydrogens (primary N) is 2. The molecule has 148 valence electrons.